The molecule has 0 aliphatic carbocycles. The van der Waals surface area contributed by atoms with Crippen molar-refractivity contribution >= 4 is 5.97 Å². The summed E-state index contributed by atoms with van der Waals surface area (Å²) in [5.41, 5.74) is 2.40. The SMILES string of the molecule is CCOC(=O)[C@H]1CCCN(Cc2ccc(OCc3ccccc3)cc2)C1. The molecule has 1 fully saturated rings. The van der Waals surface area contributed by atoms with E-state index in [2.05, 4.69) is 29.2 Å². The van der Waals surface area contributed by atoms with E-state index in [0.29, 0.717) is 13.2 Å². The van der Waals surface area contributed by atoms with E-state index >= 15 is 0 Å². The number of hydrogen-bond donors (Lipinski definition) is 0. The summed E-state index contributed by atoms with van der Waals surface area (Å²) in [5.74, 6) is 0.833. The van der Waals surface area contributed by atoms with Crippen molar-refractivity contribution in [1.29, 1.82) is 0 Å². The Kier molecular flexibility index (Phi) is 6.67. The number of benzene rings is 2. The molecular weight excluding hydrogens is 326 g/mol. The smallest absolute Gasteiger partial charge is 0.310 e. The van der Waals surface area contributed by atoms with Crippen LogP contribution in [0.1, 0.15) is 30.9 Å². The van der Waals surface area contributed by atoms with Crippen molar-refractivity contribution in [2.24, 2.45) is 5.92 Å². The van der Waals surface area contributed by atoms with Crippen LogP contribution in [-0.4, -0.2) is 30.6 Å². The van der Waals surface area contributed by atoms with E-state index in [9.17, 15) is 4.79 Å². The number of nitrogens with zero attached hydrogens (tertiary/aromatic N) is 1. The molecule has 0 amide bonds. The zero-order valence-electron chi connectivity index (χ0n) is 15.4. The molecule has 1 atom stereocenters. The quantitative estimate of drug-likeness (QED) is 0.704. The summed E-state index contributed by atoms with van der Waals surface area (Å²) in [5, 5.41) is 0. The van der Waals surface area contributed by atoms with Crippen molar-refractivity contribution in [2.45, 2.75) is 32.9 Å². The van der Waals surface area contributed by atoms with Crippen LogP contribution in [0.3, 0.4) is 0 Å². The van der Waals surface area contributed by atoms with E-state index in [1.807, 2.05) is 37.3 Å². The zero-order valence-corrected chi connectivity index (χ0v) is 15.4. The first kappa shape index (κ1) is 18.5. The predicted molar refractivity (Wildman–Crippen MR) is 102 cm³/mol. The van der Waals surface area contributed by atoms with E-state index in [1.54, 1.807) is 0 Å². The van der Waals surface area contributed by atoms with E-state index < -0.39 is 0 Å². The van der Waals surface area contributed by atoms with Crippen molar-refractivity contribution in [3.05, 3.63) is 65.7 Å². The third-order valence-corrected chi connectivity index (χ3v) is 4.70. The monoisotopic (exact) mass is 353 g/mol. The largest absolute Gasteiger partial charge is 0.489 e. The summed E-state index contributed by atoms with van der Waals surface area (Å²) >= 11 is 0. The maximum absolute atomic E-state index is 12.0. The van der Waals surface area contributed by atoms with E-state index in [1.165, 1.54) is 5.56 Å². The first-order valence-corrected chi connectivity index (χ1v) is 9.39. The molecule has 4 nitrogen and oxygen atoms in total. The summed E-state index contributed by atoms with van der Waals surface area (Å²) in [6, 6.07) is 18.4. The fourth-order valence-corrected chi connectivity index (χ4v) is 3.34. The van der Waals surface area contributed by atoms with Gasteiger partial charge in [-0.2, -0.15) is 0 Å². The van der Waals surface area contributed by atoms with Crippen LogP contribution in [0, 0.1) is 5.92 Å². The fraction of sp³-hybridized carbons (Fsp3) is 0.409. The minimum atomic E-state index is -0.0538. The van der Waals surface area contributed by atoms with Crippen LogP contribution in [0.5, 0.6) is 5.75 Å². The second-order valence-corrected chi connectivity index (χ2v) is 6.74. The summed E-state index contributed by atoms with van der Waals surface area (Å²) in [7, 11) is 0. The van der Waals surface area contributed by atoms with Gasteiger partial charge in [0.15, 0.2) is 0 Å². The van der Waals surface area contributed by atoms with Crippen molar-refractivity contribution in [3.8, 4) is 5.75 Å². The molecule has 3 rings (SSSR count). The maximum atomic E-state index is 12.0. The van der Waals surface area contributed by atoms with E-state index in [4.69, 9.17) is 9.47 Å². The Morgan fingerprint density at radius 1 is 1.08 bits per heavy atom. The highest BCUT2D eigenvalue weighted by Crippen LogP contribution is 2.21. The van der Waals surface area contributed by atoms with Crippen LogP contribution in [0.25, 0.3) is 0 Å². The number of carbonyl (C=O) groups excluding carboxylic acids is 1. The second kappa shape index (κ2) is 9.39. The highest BCUT2D eigenvalue weighted by molar-refractivity contribution is 5.72. The second-order valence-electron chi connectivity index (χ2n) is 6.74. The van der Waals surface area contributed by atoms with Crippen molar-refractivity contribution in [2.75, 3.05) is 19.7 Å². The Bertz CT molecular complexity index is 684. The lowest BCUT2D eigenvalue weighted by atomic mass is 9.98. The third kappa shape index (κ3) is 5.33. The number of hydrogen-bond acceptors (Lipinski definition) is 4. The average molecular weight is 353 g/mol. The van der Waals surface area contributed by atoms with Crippen LogP contribution in [0.15, 0.2) is 54.6 Å². The number of carbonyl (C=O) groups is 1. The van der Waals surface area contributed by atoms with Gasteiger partial charge >= 0.3 is 5.97 Å². The third-order valence-electron chi connectivity index (χ3n) is 4.70. The molecule has 0 aromatic heterocycles. The lowest BCUT2D eigenvalue weighted by Gasteiger charge is -2.31. The summed E-state index contributed by atoms with van der Waals surface area (Å²) < 4.78 is 11.0. The van der Waals surface area contributed by atoms with Gasteiger partial charge in [-0.05, 0) is 49.6 Å². The molecule has 4 heteroatoms. The van der Waals surface area contributed by atoms with Crippen LogP contribution in [0.4, 0.5) is 0 Å². The molecule has 1 heterocycles. The predicted octanol–water partition coefficient (Wildman–Crippen LogP) is 4.04. The zero-order chi connectivity index (χ0) is 18.2. The topological polar surface area (TPSA) is 38.8 Å². The fourth-order valence-electron chi connectivity index (χ4n) is 3.34. The highest BCUT2D eigenvalue weighted by atomic mass is 16.5. The van der Waals surface area contributed by atoms with Gasteiger partial charge in [-0.25, -0.2) is 0 Å². The molecule has 1 saturated heterocycles. The van der Waals surface area contributed by atoms with Gasteiger partial charge in [0.25, 0.3) is 0 Å². The summed E-state index contributed by atoms with van der Waals surface area (Å²) in [6.07, 6.45) is 1.98. The van der Waals surface area contributed by atoms with Gasteiger partial charge in [0, 0.05) is 13.1 Å². The number of likely N-dealkylation sites (tertiary alicyclic amines) is 1. The average Bonchev–Trinajstić information content (AvgIpc) is 2.69. The Labute approximate surface area is 155 Å². The van der Waals surface area contributed by atoms with Crippen LogP contribution in [-0.2, 0) is 22.7 Å². The van der Waals surface area contributed by atoms with E-state index in [0.717, 1.165) is 43.8 Å². The van der Waals surface area contributed by atoms with Crippen LogP contribution in [0.2, 0.25) is 0 Å². The van der Waals surface area contributed by atoms with Crippen molar-refractivity contribution in [1.82, 2.24) is 4.90 Å². The molecule has 1 aliphatic heterocycles. The van der Waals surface area contributed by atoms with Gasteiger partial charge in [-0.3, -0.25) is 9.69 Å². The van der Waals surface area contributed by atoms with Gasteiger partial charge in [-0.1, -0.05) is 42.5 Å². The van der Waals surface area contributed by atoms with Gasteiger partial charge in [0.05, 0.1) is 12.5 Å². The van der Waals surface area contributed by atoms with Crippen LogP contribution < -0.4 is 4.74 Å². The molecule has 0 spiro atoms. The molecule has 0 radical (unpaired) electrons. The maximum Gasteiger partial charge on any atom is 0.310 e. The van der Waals surface area contributed by atoms with Gasteiger partial charge in [-0.15, -0.1) is 0 Å². The molecule has 26 heavy (non-hydrogen) atoms. The minimum Gasteiger partial charge on any atom is -0.489 e. The standard InChI is InChI=1S/C22H27NO3/c1-2-25-22(24)20-9-6-14-23(16-20)15-18-10-12-21(13-11-18)26-17-19-7-4-3-5-8-19/h3-5,7-8,10-13,20H,2,6,9,14-17H2,1H3/t20-/m0/s1. The lowest BCUT2D eigenvalue weighted by molar-refractivity contribution is -0.150. The number of piperidine rings is 1. The molecule has 138 valence electrons. The Balaban J connectivity index is 1.50. The summed E-state index contributed by atoms with van der Waals surface area (Å²) in [4.78, 5) is 14.3. The Hall–Kier alpha value is -2.33. The first-order valence-electron chi connectivity index (χ1n) is 9.39. The molecule has 2 aromatic carbocycles. The molecule has 1 aliphatic rings. The number of rotatable bonds is 7. The lowest BCUT2D eigenvalue weighted by Crippen LogP contribution is -2.38. The normalized spacial score (nSPS) is 17.7. The Morgan fingerprint density at radius 2 is 1.85 bits per heavy atom. The van der Waals surface area contributed by atoms with Gasteiger partial charge < -0.3 is 9.47 Å². The van der Waals surface area contributed by atoms with E-state index in [-0.39, 0.29) is 11.9 Å². The highest BCUT2D eigenvalue weighted by Gasteiger charge is 2.26. The molecule has 2 aromatic rings. The first-order chi connectivity index (χ1) is 12.7. The van der Waals surface area contributed by atoms with Gasteiger partial charge in [0.2, 0.25) is 0 Å². The van der Waals surface area contributed by atoms with Crippen molar-refractivity contribution < 1.29 is 14.3 Å². The molecule has 0 N–H and O–H groups in total. The molecule has 0 bridgehead atoms. The molecule has 0 unspecified atom stereocenters. The molecular formula is C22H27NO3. The minimum absolute atomic E-state index is 0.0113. The van der Waals surface area contributed by atoms with Gasteiger partial charge in [0.1, 0.15) is 12.4 Å². The Morgan fingerprint density at radius 3 is 2.58 bits per heavy atom. The van der Waals surface area contributed by atoms with Crippen molar-refractivity contribution in [3.63, 3.8) is 0 Å². The number of esters is 1. The number of ether oxygens (including phenoxy) is 2. The van der Waals surface area contributed by atoms with Crippen LogP contribution >= 0.6 is 0 Å². The molecule has 0 saturated carbocycles. The summed E-state index contributed by atoms with van der Waals surface area (Å²) in [6.45, 7) is 5.56.